The van der Waals surface area contributed by atoms with Gasteiger partial charge in [-0.2, -0.15) is 0 Å². The molecule has 1 N–H and O–H groups in total. The van der Waals surface area contributed by atoms with Crippen LogP contribution in [0.5, 0.6) is 11.5 Å². The monoisotopic (exact) mass is 619 g/mol. The fourth-order valence-corrected chi connectivity index (χ4v) is 6.54. The molecule has 0 unspecified atom stereocenters. The van der Waals surface area contributed by atoms with Crippen molar-refractivity contribution < 1.29 is 29.0 Å². The number of likely N-dealkylation sites (N-methyl/N-ethyl adjacent to an activating group) is 1. The minimum atomic E-state index is -0.918. The van der Waals surface area contributed by atoms with Gasteiger partial charge in [-0.25, -0.2) is 4.79 Å². The van der Waals surface area contributed by atoms with Gasteiger partial charge >= 0.3 is 6.09 Å². The fourth-order valence-electron chi connectivity index (χ4n) is 6.31. The number of anilines is 1. The summed E-state index contributed by atoms with van der Waals surface area (Å²) in [6, 6.07) is 19.0. The van der Waals surface area contributed by atoms with Crippen molar-refractivity contribution in [2.24, 2.45) is 0 Å². The molecule has 3 aliphatic rings. The third-order valence-corrected chi connectivity index (χ3v) is 9.18. The van der Waals surface area contributed by atoms with Crippen molar-refractivity contribution >= 4 is 35.6 Å². The Kier molecular flexibility index (Phi) is 9.76. The van der Waals surface area contributed by atoms with Crippen LogP contribution in [0.2, 0.25) is 5.02 Å². The number of aldehydes is 1. The lowest BCUT2D eigenvalue weighted by Crippen LogP contribution is -2.62. The molecule has 0 saturated carbocycles. The molecular weight excluding hydrogens is 582 g/mol. The molecule has 3 aromatic rings. The number of ether oxygens (including phenoxy) is 2. The second-order valence-electron chi connectivity index (χ2n) is 11.5. The molecule has 3 aliphatic heterocycles. The largest absolute Gasteiger partial charge is 0.496 e. The smallest absolute Gasteiger partial charge is 0.412 e. The molecule has 0 aliphatic carbocycles. The summed E-state index contributed by atoms with van der Waals surface area (Å²) >= 11 is 6.22. The van der Waals surface area contributed by atoms with Crippen LogP contribution in [0.1, 0.15) is 41.6 Å². The van der Waals surface area contributed by atoms with Crippen molar-refractivity contribution in [3.8, 4) is 22.6 Å². The minimum Gasteiger partial charge on any atom is -0.496 e. The number of benzene rings is 3. The number of rotatable bonds is 12. The molecular formula is C34H38ClN3O6. The number of carboxylic acid groups (broad SMARTS) is 1. The molecule has 0 atom stereocenters. The highest BCUT2D eigenvalue weighted by atomic mass is 35.5. The number of hydrogen-bond donors (Lipinski definition) is 1. The van der Waals surface area contributed by atoms with Gasteiger partial charge in [0.15, 0.2) is 12.9 Å². The minimum absolute atomic E-state index is 0.215. The second kappa shape index (κ2) is 13.7. The molecule has 3 saturated heterocycles. The van der Waals surface area contributed by atoms with Crippen molar-refractivity contribution in [2.75, 3.05) is 51.8 Å². The average Bonchev–Trinajstić information content (AvgIpc) is 3.05. The Balaban J connectivity index is 1.28. The van der Waals surface area contributed by atoms with Gasteiger partial charge in [-0.3, -0.25) is 14.5 Å². The van der Waals surface area contributed by atoms with E-state index in [1.54, 1.807) is 16.8 Å². The SMILES string of the molecule is COc1cc(OCC(=O)N(C)CCCc2ccc(-c3ccccc3)c(N(C(=O)O)C34CCN(CC3)CC4)c2)c(Cl)cc1C=O. The number of nitrogens with zero attached hydrogens (tertiary/aromatic N) is 3. The van der Waals surface area contributed by atoms with E-state index in [2.05, 4.69) is 11.0 Å². The van der Waals surface area contributed by atoms with Crippen molar-refractivity contribution in [3.05, 3.63) is 76.8 Å². The number of piperidine rings is 3. The zero-order valence-electron chi connectivity index (χ0n) is 25.1. The summed E-state index contributed by atoms with van der Waals surface area (Å²) in [6.07, 6.45) is 3.55. The standard InChI is InChI=1S/C34H38ClN3O6/c1-36(32(40)23-44-31-21-30(43-2)26(22-39)20-28(31)35)15-6-7-24-10-11-27(25-8-4-3-5-9-25)29(19-24)38(33(41)42)34-12-16-37(17-13-34)18-14-34/h3-5,8-11,19-22H,6-7,12-18,23H2,1-2H3,(H,41,42). The van der Waals surface area contributed by atoms with Crippen LogP contribution in [0.4, 0.5) is 10.5 Å². The molecule has 9 nitrogen and oxygen atoms in total. The highest BCUT2D eigenvalue weighted by Crippen LogP contribution is 2.44. The molecule has 2 bridgehead atoms. The van der Waals surface area contributed by atoms with Crippen LogP contribution < -0.4 is 14.4 Å². The summed E-state index contributed by atoms with van der Waals surface area (Å²) < 4.78 is 10.8. The van der Waals surface area contributed by atoms with E-state index in [4.69, 9.17) is 21.1 Å². The van der Waals surface area contributed by atoms with E-state index in [0.29, 0.717) is 37.0 Å². The predicted octanol–water partition coefficient (Wildman–Crippen LogP) is 6.02. The van der Waals surface area contributed by atoms with Crippen LogP contribution in [0, 0.1) is 0 Å². The molecule has 232 valence electrons. The van der Waals surface area contributed by atoms with Crippen molar-refractivity contribution in [1.82, 2.24) is 9.80 Å². The molecule has 3 heterocycles. The lowest BCUT2D eigenvalue weighted by atomic mass is 9.78. The molecule has 3 fully saturated rings. The molecule has 2 amide bonds. The molecule has 0 spiro atoms. The van der Waals surface area contributed by atoms with E-state index in [-0.39, 0.29) is 23.3 Å². The fraction of sp³-hybridized carbons (Fsp3) is 0.382. The maximum atomic E-state index is 12.9. The Morgan fingerprint density at radius 2 is 1.73 bits per heavy atom. The van der Waals surface area contributed by atoms with Crippen LogP contribution in [0.25, 0.3) is 11.1 Å². The number of hydrogen-bond acceptors (Lipinski definition) is 6. The highest BCUT2D eigenvalue weighted by molar-refractivity contribution is 6.32. The third-order valence-electron chi connectivity index (χ3n) is 8.88. The van der Waals surface area contributed by atoms with Crippen molar-refractivity contribution in [1.29, 1.82) is 0 Å². The van der Waals surface area contributed by atoms with E-state index < -0.39 is 11.6 Å². The lowest BCUT2D eigenvalue weighted by molar-refractivity contribution is -0.132. The van der Waals surface area contributed by atoms with Crippen LogP contribution in [0.15, 0.2) is 60.7 Å². The van der Waals surface area contributed by atoms with Gasteiger partial charge in [0.25, 0.3) is 5.91 Å². The van der Waals surface area contributed by atoms with E-state index in [1.807, 2.05) is 42.5 Å². The van der Waals surface area contributed by atoms with Gasteiger partial charge in [-0.05, 0) is 55.4 Å². The number of aryl methyl sites for hydroxylation is 1. The Hall–Kier alpha value is -4.08. The maximum absolute atomic E-state index is 12.9. The first kappa shape index (κ1) is 31.3. The summed E-state index contributed by atoms with van der Waals surface area (Å²) in [5.41, 5.74) is 3.51. The zero-order chi connectivity index (χ0) is 31.3. The van der Waals surface area contributed by atoms with Crippen LogP contribution in [-0.2, 0) is 11.2 Å². The summed E-state index contributed by atoms with van der Waals surface area (Å²) in [6.45, 7) is 3.01. The van der Waals surface area contributed by atoms with Gasteiger partial charge in [-0.1, -0.05) is 54.1 Å². The maximum Gasteiger partial charge on any atom is 0.412 e. The van der Waals surface area contributed by atoms with E-state index >= 15 is 0 Å². The summed E-state index contributed by atoms with van der Waals surface area (Å²) in [7, 11) is 3.16. The lowest BCUT2D eigenvalue weighted by Gasteiger charge is -2.53. The second-order valence-corrected chi connectivity index (χ2v) is 11.9. The summed E-state index contributed by atoms with van der Waals surface area (Å²) in [5, 5.41) is 10.8. The van der Waals surface area contributed by atoms with Crippen LogP contribution in [0.3, 0.4) is 0 Å². The Morgan fingerprint density at radius 1 is 1.02 bits per heavy atom. The van der Waals surface area contributed by atoms with Crippen molar-refractivity contribution in [2.45, 2.75) is 37.6 Å². The average molecular weight is 620 g/mol. The van der Waals surface area contributed by atoms with Gasteiger partial charge in [0.2, 0.25) is 0 Å². The zero-order valence-corrected chi connectivity index (χ0v) is 25.9. The Labute approximate surface area is 262 Å². The molecule has 10 heteroatoms. The number of carbonyl (C=O) groups excluding carboxylic acids is 2. The predicted molar refractivity (Wildman–Crippen MR) is 170 cm³/mol. The molecule has 0 aromatic heterocycles. The number of methoxy groups -OCH3 is 1. The molecule has 44 heavy (non-hydrogen) atoms. The quantitative estimate of drug-likeness (QED) is 0.248. The topological polar surface area (TPSA) is 99.6 Å². The summed E-state index contributed by atoms with van der Waals surface area (Å²) in [5.74, 6) is 0.347. The number of halogens is 1. The van der Waals surface area contributed by atoms with Crippen LogP contribution >= 0.6 is 11.6 Å². The Bertz CT molecular complexity index is 1490. The first-order valence-electron chi connectivity index (χ1n) is 14.9. The normalized spacial score (nSPS) is 18.8. The highest BCUT2D eigenvalue weighted by Gasteiger charge is 2.47. The number of fused-ring (bicyclic) bond motifs is 3. The number of amides is 2. The van der Waals surface area contributed by atoms with Gasteiger partial charge in [0.05, 0.1) is 28.9 Å². The van der Waals surface area contributed by atoms with E-state index in [0.717, 1.165) is 61.3 Å². The first-order valence-corrected chi connectivity index (χ1v) is 15.3. The van der Waals surface area contributed by atoms with Crippen LogP contribution in [-0.4, -0.2) is 85.7 Å². The molecule has 6 rings (SSSR count). The van der Waals surface area contributed by atoms with E-state index in [9.17, 15) is 19.5 Å². The van der Waals surface area contributed by atoms with Gasteiger partial charge in [0, 0.05) is 44.9 Å². The number of carbonyl (C=O) groups is 3. The van der Waals surface area contributed by atoms with Crippen molar-refractivity contribution in [3.63, 3.8) is 0 Å². The molecule has 3 aromatic carbocycles. The van der Waals surface area contributed by atoms with Gasteiger partial charge in [0.1, 0.15) is 11.5 Å². The Morgan fingerprint density at radius 3 is 2.36 bits per heavy atom. The molecule has 0 radical (unpaired) electrons. The summed E-state index contributed by atoms with van der Waals surface area (Å²) in [4.78, 5) is 42.6. The first-order chi connectivity index (χ1) is 21.2. The van der Waals surface area contributed by atoms with Gasteiger partial charge < -0.3 is 24.4 Å². The van der Waals surface area contributed by atoms with E-state index in [1.165, 1.54) is 19.2 Å². The van der Waals surface area contributed by atoms with Gasteiger partial charge in [-0.15, -0.1) is 0 Å². The third kappa shape index (κ3) is 6.69.